The number of hydrogen-bond acceptors (Lipinski definition) is 2. The molecule has 0 saturated carbocycles. The van der Waals surface area contributed by atoms with Gasteiger partial charge in [-0.05, 0) is 57.3 Å². The lowest BCUT2D eigenvalue weighted by Gasteiger charge is -2.11. The Hall–Kier alpha value is -6.26. The Labute approximate surface area is 264 Å². The van der Waals surface area contributed by atoms with E-state index in [2.05, 4.69) is 166 Å². The molecule has 214 valence electrons. The molecule has 6 aromatic carbocycles. The van der Waals surface area contributed by atoms with Crippen molar-refractivity contribution in [3.8, 4) is 33.5 Å². The first kappa shape index (κ1) is 25.1. The van der Waals surface area contributed by atoms with Crippen LogP contribution < -0.4 is 0 Å². The van der Waals surface area contributed by atoms with Gasteiger partial charge in [-0.1, -0.05) is 115 Å². The summed E-state index contributed by atoms with van der Waals surface area (Å²) in [5.41, 5.74) is 11.0. The van der Waals surface area contributed by atoms with Gasteiger partial charge in [0, 0.05) is 45.7 Å². The van der Waals surface area contributed by atoms with Crippen molar-refractivity contribution >= 4 is 54.6 Å². The minimum atomic E-state index is 0.964. The minimum absolute atomic E-state index is 0.964. The van der Waals surface area contributed by atoms with E-state index in [1.165, 1.54) is 43.6 Å². The number of rotatable bonds is 3. The maximum Gasteiger partial charge on any atom is 0.145 e. The summed E-state index contributed by atoms with van der Waals surface area (Å²) < 4.78 is 4.44. The summed E-state index contributed by atoms with van der Waals surface area (Å²) in [4.78, 5) is 9.87. The molecule has 0 spiro atoms. The van der Waals surface area contributed by atoms with Crippen molar-refractivity contribution in [2.75, 3.05) is 0 Å². The minimum Gasteiger partial charge on any atom is -0.299 e. The molecule has 0 aliphatic carbocycles. The molecule has 4 heterocycles. The average Bonchev–Trinajstić information content (AvgIpc) is 3.81. The van der Waals surface area contributed by atoms with Crippen molar-refractivity contribution in [1.29, 1.82) is 0 Å². The van der Waals surface area contributed by atoms with Crippen LogP contribution in [0.15, 0.2) is 158 Å². The van der Waals surface area contributed by atoms with Crippen LogP contribution in [-0.2, 0) is 0 Å². The Morgan fingerprint density at radius 2 is 0.957 bits per heavy atom. The molecule has 4 aromatic heterocycles. The molecular formula is C42H26N4. The highest BCUT2D eigenvalue weighted by molar-refractivity contribution is 6.13. The molecule has 0 saturated heterocycles. The van der Waals surface area contributed by atoms with Crippen molar-refractivity contribution < 1.29 is 0 Å². The van der Waals surface area contributed by atoms with Gasteiger partial charge in [-0.2, -0.15) is 0 Å². The van der Waals surface area contributed by atoms with Gasteiger partial charge in [-0.15, -0.1) is 0 Å². The van der Waals surface area contributed by atoms with E-state index in [0.717, 1.165) is 44.5 Å². The first-order valence-corrected chi connectivity index (χ1v) is 15.6. The van der Waals surface area contributed by atoms with Gasteiger partial charge in [0.25, 0.3) is 0 Å². The lowest BCUT2D eigenvalue weighted by atomic mass is 9.96. The second-order valence-corrected chi connectivity index (χ2v) is 11.9. The molecule has 46 heavy (non-hydrogen) atoms. The van der Waals surface area contributed by atoms with E-state index in [9.17, 15) is 0 Å². The highest BCUT2D eigenvalue weighted by atomic mass is 15.0. The summed E-state index contributed by atoms with van der Waals surface area (Å²) in [6.07, 6.45) is 6.12. The molecule has 0 fully saturated rings. The lowest BCUT2D eigenvalue weighted by molar-refractivity contribution is 1.27. The maximum atomic E-state index is 5.19. The second-order valence-electron chi connectivity index (χ2n) is 11.9. The van der Waals surface area contributed by atoms with Crippen molar-refractivity contribution in [3.05, 3.63) is 158 Å². The SMILES string of the molecule is c1cc(-c2cccc(-c3cn4c5ccccc5c5ccccc5c4n3)c2)cc(-c2ccc3c4ccccc4c4nccn4c3c2)c1. The summed E-state index contributed by atoms with van der Waals surface area (Å²) in [5, 5.41) is 7.23. The molecule has 4 heteroatoms. The number of imidazole rings is 2. The van der Waals surface area contributed by atoms with Crippen LogP contribution in [-0.4, -0.2) is 18.8 Å². The van der Waals surface area contributed by atoms with Crippen LogP contribution in [0.4, 0.5) is 0 Å². The van der Waals surface area contributed by atoms with Gasteiger partial charge in [0.05, 0.1) is 16.7 Å². The lowest BCUT2D eigenvalue weighted by Crippen LogP contribution is -1.91. The number of para-hydroxylation sites is 1. The number of fused-ring (bicyclic) bond motifs is 12. The summed E-state index contributed by atoms with van der Waals surface area (Å²) >= 11 is 0. The quantitative estimate of drug-likeness (QED) is 0.193. The van der Waals surface area contributed by atoms with E-state index in [1.54, 1.807) is 0 Å². The fraction of sp³-hybridized carbons (Fsp3) is 0. The van der Waals surface area contributed by atoms with Gasteiger partial charge in [-0.25, -0.2) is 9.97 Å². The topological polar surface area (TPSA) is 34.6 Å². The number of benzene rings is 6. The summed E-state index contributed by atoms with van der Waals surface area (Å²) in [6, 6.07) is 50.0. The normalized spacial score (nSPS) is 11.9. The van der Waals surface area contributed by atoms with Crippen LogP contribution >= 0.6 is 0 Å². The van der Waals surface area contributed by atoms with Crippen LogP contribution in [0.25, 0.3) is 88.2 Å². The fourth-order valence-corrected chi connectivity index (χ4v) is 7.20. The number of aromatic nitrogens is 4. The molecule has 4 nitrogen and oxygen atoms in total. The largest absolute Gasteiger partial charge is 0.299 e. The van der Waals surface area contributed by atoms with Crippen LogP contribution in [0.1, 0.15) is 0 Å². The van der Waals surface area contributed by atoms with Crippen LogP contribution in [0.5, 0.6) is 0 Å². The van der Waals surface area contributed by atoms with Crippen molar-refractivity contribution in [2.45, 2.75) is 0 Å². The molecule has 0 aliphatic rings. The standard InChI is InChI=1S/C42H26N4/c1-3-16-36-33(14-1)35-20-19-30(25-40(35)45-22-21-43-41(36)45)28-10-7-9-27(23-28)29-11-8-12-31(24-29)38-26-46-39-18-6-5-15-34(39)32-13-2-4-17-37(32)42(46)44-38/h1-26H. The number of pyridine rings is 2. The van der Waals surface area contributed by atoms with E-state index >= 15 is 0 Å². The third-order valence-electron chi connectivity index (χ3n) is 9.37. The van der Waals surface area contributed by atoms with E-state index in [4.69, 9.17) is 4.98 Å². The smallest absolute Gasteiger partial charge is 0.145 e. The van der Waals surface area contributed by atoms with Gasteiger partial charge >= 0.3 is 0 Å². The highest BCUT2D eigenvalue weighted by Gasteiger charge is 2.14. The van der Waals surface area contributed by atoms with E-state index < -0.39 is 0 Å². The van der Waals surface area contributed by atoms with Gasteiger partial charge in [0.2, 0.25) is 0 Å². The maximum absolute atomic E-state index is 5.19. The summed E-state index contributed by atoms with van der Waals surface area (Å²) in [6.45, 7) is 0. The Balaban J connectivity index is 1.09. The monoisotopic (exact) mass is 586 g/mol. The van der Waals surface area contributed by atoms with Crippen LogP contribution in [0.2, 0.25) is 0 Å². The Bertz CT molecular complexity index is 2750. The third kappa shape index (κ3) is 3.67. The molecular weight excluding hydrogens is 560 g/mol. The van der Waals surface area contributed by atoms with Crippen molar-refractivity contribution in [1.82, 2.24) is 18.8 Å². The molecule has 0 aliphatic heterocycles. The van der Waals surface area contributed by atoms with Crippen molar-refractivity contribution in [3.63, 3.8) is 0 Å². The van der Waals surface area contributed by atoms with Gasteiger partial charge in [-0.3, -0.25) is 8.80 Å². The van der Waals surface area contributed by atoms with Crippen LogP contribution in [0.3, 0.4) is 0 Å². The first-order valence-electron chi connectivity index (χ1n) is 15.6. The molecule has 0 amide bonds. The zero-order chi connectivity index (χ0) is 30.2. The Kier molecular flexibility index (Phi) is 5.25. The molecule has 0 bridgehead atoms. The second kappa shape index (κ2) is 9.62. The number of hydrogen-bond donors (Lipinski definition) is 0. The molecule has 0 N–H and O–H groups in total. The van der Waals surface area contributed by atoms with Crippen LogP contribution in [0, 0.1) is 0 Å². The third-order valence-corrected chi connectivity index (χ3v) is 9.37. The summed E-state index contributed by atoms with van der Waals surface area (Å²) in [7, 11) is 0. The van der Waals surface area contributed by atoms with Gasteiger partial charge in [0.15, 0.2) is 0 Å². The highest BCUT2D eigenvalue weighted by Crippen LogP contribution is 2.35. The number of nitrogens with zero attached hydrogens (tertiary/aromatic N) is 4. The Morgan fingerprint density at radius 3 is 1.70 bits per heavy atom. The molecule has 10 aromatic rings. The van der Waals surface area contributed by atoms with E-state index in [0.29, 0.717) is 0 Å². The van der Waals surface area contributed by atoms with E-state index in [-0.39, 0.29) is 0 Å². The Morgan fingerprint density at radius 1 is 0.391 bits per heavy atom. The zero-order valence-corrected chi connectivity index (χ0v) is 24.8. The molecule has 0 atom stereocenters. The average molecular weight is 587 g/mol. The molecule has 0 radical (unpaired) electrons. The summed E-state index contributed by atoms with van der Waals surface area (Å²) in [5.74, 6) is 0. The fourth-order valence-electron chi connectivity index (χ4n) is 7.20. The van der Waals surface area contributed by atoms with Crippen molar-refractivity contribution in [2.24, 2.45) is 0 Å². The predicted octanol–water partition coefficient (Wildman–Crippen LogP) is 10.6. The first-order chi connectivity index (χ1) is 22.8. The van der Waals surface area contributed by atoms with Gasteiger partial charge < -0.3 is 0 Å². The van der Waals surface area contributed by atoms with Gasteiger partial charge in [0.1, 0.15) is 11.3 Å². The molecule has 0 unspecified atom stereocenters. The molecule has 10 rings (SSSR count). The predicted molar refractivity (Wildman–Crippen MR) is 190 cm³/mol. The van der Waals surface area contributed by atoms with E-state index in [1.807, 2.05) is 6.20 Å². The zero-order valence-electron chi connectivity index (χ0n) is 24.8.